The fourth-order valence-electron chi connectivity index (χ4n) is 5.16. The van der Waals surface area contributed by atoms with Crippen LogP contribution < -0.4 is 5.73 Å². The summed E-state index contributed by atoms with van der Waals surface area (Å²) in [7, 11) is -2.80. The third kappa shape index (κ3) is 8.25. The molecule has 0 aliphatic heterocycles. The molecule has 12 heteroatoms. The first-order valence-electron chi connectivity index (χ1n) is 15.0. The maximum atomic E-state index is 13.9. The minimum absolute atomic E-state index is 0.116. The summed E-state index contributed by atoms with van der Waals surface area (Å²) in [4.78, 5) is 32.8. The zero-order chi connectivity index (χ0) is 33.3. The van der Waals surface area contributed by atoms with Crippen LogP contribution in [-0.4, -0.2) is 66.0 Å². The molecule has 0 radical (unpaired) electrons. The van der Waals surface area contributed by atoms with Crippen LogP contribution in [0, 0.1) is 5.92 Å². The molecule has 244 valence electrons. The molecule has 10 nitrogen and oxygen atoms in total. The number of aromatic nitrogens is 1. The number of nitrogens with two attached hydrogens (primary N) is 1. The minimum atomic E-state index is -3.98. The number of aliphatic hydroxyl groups excluding tert-OH is 1. The molecule has 2 amide bonds. The second-order valence-electron chi connectivity index (χ2n) is 11.2. The van der Waals surface area contributed by atoms with E-state index in [4.69, 9.17) is 10.5 Å². The van der Waals surface area contributed by atoms with Crippen molar-refractivity contribution in [1.82, 2.24) is 14.2 Å². The average Bonchev–Trinajstić information content (AvgIpc) is 3.54. The van der Waals surface area contributed by atoms with E-state index in [2.05, 4.69) is 4.98 Å². The number of rotatable bonds is 14. The van der Waals surface area contributed by atoms with Gasteiger partial charge in [0.2, 0.25) is 15.9 Å². The minimum Gasteiger partial charge on any atom is -0.452 e. The topological polar surface area (TPSA) is 143 Å². The third-order valence-electron chi connectivity index (χ3n) is 7.61. The van der Waals surface area contributed by atoms with E-state index in [-0.39, 0.29) is 23.9 Å². The summed E-state index contributed by atoms with van der Waals surface area (Å²) in [6, 6.07) is 24.7. The van der Waals surface area contributed by atoms with E-state index in [0.29, 0.717) is 16.3 Å². The van der Waals surface area contributed by atoms with Gasteiger partial charge >= 0.3 is 6.09 Å². The fourth-order valence-corrected chi connectivity index (χ4v) is 7.87. The van der Waals surface area contributed by atoms with E-state index in [1.54, 1.807) is 18.2 Å². The second-order valence-corrected chi connectivity index (χ2v) is 14.2. The largest absolute Gasteiger partial charge is 0.452 e. The van der Waals surface area contributed by atoms with Crippen LogP contribution in [0.5, 0.6) is 0 Å². The monoisotopic (exact) mass is 664 g/mol. The van der Waals surface area contributed by atoms with Crippen molar-refractivity contribution in [3.05, 3.63) is 118 Å². The molecular formula is C34H40N4O6S2. The molecule has 0 aliphatic rings. The van der Waals surface area contributed by atoms with Gasteiger partial charge in [0.15, 0.2) is 0 Å². The van der Waals surface area contributed by atoms with Gasteiger partial charge in [-0.05, 0) is 35.6 Å². The molecule has 1 aromatic heterocycles. The third-order valence-corrected chi connectivity index (χ3v) is 10.6. The van der Waals surface area contributed by atoms with Crippen molar-refractivity contribution in [1.29, 1.82) is 0 Å². The lowest BCUT2D eigenvalue weighted by Crippen LogP contribution is -2.49. The van der Waals surface area contributed by atoms with Crippen LogP contribution in [0.25, 0.3) is 0 Å². The Labute approximate surface area is 274 Å². The summed E-state index contributed by atoms with van der Waals surface area (Å²) >= 11 is 1.11. The van der Waals surface area contributed by atoms with Crippen LogP contribution in [0.15, 0.2) is 102 Å². The van der Waals surface area contributed by atoms with Gasteiger partial charge in [-0.1, -0.05) is 92.7 Å². The summed E-state index contributed by atoms with van der Waals surface area (Å²) in [5.74, 6) is -1.00. The molecule has 3 N–H and O–H groups in total. The van der Waals surface area contributed by atoms with Crippen molar-refractivity contribution in [2.45, 2.75) is 49.7 Å². The summed E-state index contributed by atoms with van der Waals surface area (Å²) in [6.45, 7) is 3.42. The summed E-state index contributed by atoms with van der Waals surface area (Å²) < 4.78 is 33.8. The van der Waals surface area contributed by atoms with Crippen molar-refractivity contribution in [2.75, 3.05) is 20.3 Å². The highest BCUT2D eigenvalue weighted by Crippen LogP contribution is 2.33. The van der Waals surface area contributed by atoms with Gasteiger partial charge in [0.25, 0.3) is 0 Å². The number of methoxy groups -OCH3 is 1. The van der Waals surface area contributed by atoms with E-state index < -0.39 is 46.6 Å². The Bertz CT molecular complexity index is 1630. The number of nitrogens with zero attached hydrogens (tertiary/aromatic N) is 3. The molecule has 4 rings (SSSR count). The predicted molar refractivity (Wildman–Crippen MR) is 177 cm³/mol. The van der Waals surface area contributed by atoms with Gasteiger partial charge in [-0.2, -0.15) is 4.31 Å². The Balaban J connectivity index is 1.64. The normalized spacial score (nSPS) is 13.1. The molecule has 0 fully saturated rings. The van der Waals surface area contributed by atoms with Gasteiger partial charge in [0, 0.05) is 23.5 Å². The zero-order valence-corrected chi connectivity index (χ0v) is 27.7. The summed E-state index contributed by atoms with van der Waals surface area (Å²) in [5, 5.41) is 10.8. The number of benzene rings is 3. The molecule has 2 atom stereocenters. The fraction of sp³-hybridized carbons (Fsp3) is 0.324. The highest BCUT2D eigenvalue weighted by atomic mass is 32.2. The maximum absolute atomic E-state index is 13.9. The van der Waals surface area contributed by atoms with E-state index in [1.165, 1.54) is 29.7 Å². The standard InChI is InChI=1S/C34H40N4O6S2/c1-24(2)19-20-38(46(42,43)27-17-11-6-12-18-27)28(23-39)29-21-36-30(45-29)22-37(34(41)44-3)33(40)32(35)31(25-13-7-4-8-14-25)26-15-9-5-10-16-26/h4-18,21,24,28,31-32,39H,19-20,22-23,35H2,1-3H3/t28?,32-/m0/s1. The van der Waals surface area contributed by atoms with Gasteiger partial charge in [-0.15, -0.1) is 11.3 Å². The average molecular weight is 665 g/mol. The Kier molecular flexibility index (Phi) is 12.2. The van der Waals surface area contributed by atoms with E-state index in [1.807, 2.05) is 74.5 Å². The molecule has 1 unspecified atom stereocenters. The number of hydrogen-bond donors (Lipinski definition) is 2. The SMILES string of the molecule is COC(=O)N(Cc1ncc(C(CO)N(CCC(C)C)S(=O)(=O)c2ccccc2)s1)C(=O)[C@@H](N)C(c1ccccc1)c1ccccc1. The number of hydrogen-bond acceptors (Lipinski definition) is 9. The van der Waals surface area contributed by atoms with Crippen LogP contribution in [0.3, 0.4) is 0 Å². The highest BCUT2D eigenvalue weighted by Gasteiger charge is 2.36. The lowest BCUT2D eigenvalue weighted by molar-refractivity contribution is -0.131. The van der Waals surface area contributed by atoms with Gasteiger partial charge in [0.05, 0.1) is 37.2 Å². The number of carbonyl (C=O) groups is 2. The Morgan fingerprint density at radius 2 is 1.48 bits per heavy atom. The van der Waals surface area contributed by atoms with E-state index in [9.17, 15) is 23.1 Å². The second kappa shape index (κ2) is 16.1. The van der Waals surface area contributed by atoms with Crippen molar-refractivity contribution in [3.8, 4) is 0 Å². The van der Waals surface area contributed by atoms with Crippen molar-refractivity contribution < 1.29 is 27.9 Å². The molecule has 0 spiro atoms. The lowest BCUT2D eigenvalue weighted by atomic mass is 9.85. The number of sulfonamides is 1. The first-order chi connectivity index (χ1) is 22.1. The number of imide groups is 1. The first kappa shape index (κ1) is 34.9. The van der Waals surface area contributed by atoms with Gasteiger partial charge < -0.3 is 15.6 Å². The Hall–Kier alpha value is -3.94. The number of amides is 2. The number of aliphatic hydroxyl groups is 1. The molecule has 3 aromatic carbocycles. The smallest absolute Gasteiger partial charge is 0.416 e. The van der Waals surface area contributed by atoms with Gasteiger partial charge in [-0.3, -0.25) is 4.79 Å². The molecule has 46 heavy (non-hydrogen) atoms. The van der Waals surface area contributed by atoms with E-state index >= 15 is 0 Å². The van der Waals surface area contributed by atoms with Crippen molar-refractivity contribution in [2.24, 2.45) is 11.7 Å². The summed E-state index contributed by atoms with van der Waals surface area (Å²) in [6.07, 6.45) is 1.14. The first-order valence-corrected chi connectivity index (χ1v) is 17.2. The van der Waals surface area contributed by atoms with Crippen LogP contribution >= 0.6 is 11.3 Å². The maximum Gasteiger partial charge on any atom is 0.416 e. The summed E-state index contributed by atoms with van der Waals surface area (Å²) in [5.41, 5.74) is 8.24. The Morgan fingerprint density at radius 1 is 0.935 bits per heavy atom. The lowest BCUT2D eigenvalue weighted by Gasteiger charge is -2.29. The van der Waals surface area contributed by atoms with Crippen LogP contribution in [-0.2, 0) is 26.1 Å². The molecule has 0 bridgehead atoms. The van der Waals surface area contributed by atoms with Crippen molar-refractivity contribution >= 4 is 33.4 Å². The highest BCUT2D eigenvalue weighted by molar-refractivity contribution is 7.89. The number of ether oxygens (including phenoxy) is 1. The molecule has 1 heterocycles. The number of thiazole rings is 1. The molecule has 0 saturated carbocycles. The van der Waals surface area contributed by atoms with Crippen LogP contribution in [0.1, 0.15) is 53.2 Å². The zero-order valence-electron chi connectivity index (χ0n) is 26.1. The molecule has 0 aliphatic carbocycles. The van der Waals surface area contributed by atoms with Crippen molar-refractivity contribution in [3.63, 3.8) is 0 Å². The van der Waals surface area contributed by atoms with E-state index in [0.717, 1.165) is 27.4 Å². The van der Waals surface area contributed by atoms with Gasteiger partial charge in [-0.25, -0.2) is 23.1 Å². The molecule has 4 aromatic rings. The van der Waals surface area contributed by atoms with Gasteiger partial charge in [0.1, 0.15) is 5.01 Å². The quantitative estimate of drug-likeness (QED) is 0.188. The predicted octanol–water partition coefficient (Wildman–Crippen LogP) is 5.17. The van der Waals surface area contributed by atoms with Crippen LogP contribution in [0.4, 0.5) is 4.79 Å². The molecular weight excluding hydrogens is 625 g/mol. The molecule has 0 saturated heterocycles. The number of carbonyl (C=O) groups excluding carboxylic acids is 2. The Morgan fingerprint density at radius 3 is 1.98 bits per heavy atom. The van der Waals surface area contributed by atoms with Crippen LogP contribution in [0.2, 0.25) is 0 Å².